The summed E-state index contributed by atoms with van der Waals surface area (Å²) in [5.41, 5.74) is 2.11. The van der Waals surface area contributed by atoms with Gasteiger partial charge in [0.1, 0.15) is 5.75 Å². The Bertz CT molecular complexity index is 853. The summed E-state index contributed by atoms with van der Waals surface area (Å²) in [5.74, 6) is 0.381. The van der Waals surface area contributed by atoms with Crippen molar-refractivity contribution < 1.29 is 19.1 Å². The molecule has 0 bridgehead atoms. The molecule has 1 unspecified atom stereocenters. The Morgan fingerprint density at radius 3 is 2.39 bits per heavy atom. The topological polar surface area (TPSA) is 71.1 Å². The maximum atomic E-state index is 12.5. The molecule has 7 heteroatoms. The van der Waals surface area contributed by atoms with E-state index in [0.717, 1.165) is 29.1 Å². The number of nitrogens with zero attached hydrogens (tertiary/aromatic N) is 2. The predicted octanol–water partition coefficient (Wildman–Crippen LogP) is 3.56. The van der Waals surface area contributed by atoms with Crippen LogP contribution in [0.5, 0.6) is 5.75 Å². The minimum absolute atomic E-state index is 0.166. The Balaban J connectivity index is 1.59. The Kier molecular flexibility index (Phi) is 8.03. The third-order valence-electron chi connectivity index (χ3n) is 5.53. The van der Waals surface area contributed by atoms with Gasteiger partial charge < -0.3 is 14.8 Å². The van der Waals surface area contributed by atoms with Gasteiger partial charge in [0, 0.05) is 13.7 Å². The number of likely N-dealkylation sites (tertiary alicyclic amines) is 1. The number of methoxy groups -OCH3 is 1. The number of β-lactam (4-membered cyclic amide) rings is 1. The molecule has 3 amide bonds. The summed E-state index contributed by atoms with van der Waals surface area (Å²) in [5, 5.41) is 2.78. The second-order valence-electron chi connectivity index (χ2n) is 7.45. The highest BCUT2D eigenvalue weighted by molar-refractivity contribution is 5.99. The Morgan fingerprint density at radius 2 is 1.81 bits per heavy atom. The van der Waals surface area contributed by atoms with Gasteiger partial charge in [0.2, 0.25) is 5.91 Å². The van der Waals surface area contributed by atoms with Gasteiger partial charge in [-0.05, 0) is 36.3 Å². The molecule has 0 saturated carbocycles. The fraction of sp³-hybridized carbons (Fsp3) is 0.417. The molecule has 1 fully saturated rings. The fourth-order valence-corrected chi connectivity index (χ4v) is 3.74. The number of nitrogens with one attached hydrogen (secondary N) is 1. The van der Waals surface area contributed by atoms with E-state index in [4.69, 9.17) is 9.47 Å². The normalized spacial score (nSPS) is 16.7. The lowest BCUT2D eigenvalue weighted by atomic mass is 10.1. The Hall–Kier alpha value is -2.90. The maximum absolute atomic E-state index is 12.5. The first-order valence-electron chi connectivity index (χ1n) is 10.7. The molecular weight excluding hydrogens is 394 g/mol. The number of hydrogen-bond donors (Lipinski definition) is 1. The zero-order chi connectivity index (χ0) is 22.2. The van der Waals surface area contributed by atoms with Gasteiger partial charge in [-0.3, -0.25) is 9.69 Å². The van der Waals surface area contributed by atoms with E-state index in [1.807, 2.05) is 54.6 Å². The number of benzene rings is 2. The molecule has 1 heterocycles. The number of imide groups is 1. The summed E-state index contributed by atoms with van der Waals surface area (Å²) in [4.78, 5) is 27.9. The zero-order valence-corrected chi connectivity index (χ0v) is 18.4. The van der Waals surface area contributed by atoms with Gasteiger partial charge in [-0.1, -0.05) is 56.3 Å². The number of amides is 3. The van der Waals surface area contributed by atoms with E-state index >= 15 is 0 Å². The van der Waals surface area contributed by atoms with Crippen molar-refractivity contribution >= 4 is 11.9 Å². The number of hydrogen-bond acceptors (Lipinski definition) is 5. The second kappa shape index (κ2) is 10.9. The highest BCUT2D eigenvalue weighted by Crippen LogP contribution is 2.27. The number of carbonyl (C=O) groups is 2. The number of rotatable bonds is 10. The molecular formula is C24H31N3O4. The van der Waals surface area contributed by atoms with Gasteiger partial charge in [0.25, 0.3) is 0 Å². The van der Waals surface area contributed by atoms with Crippen LogP contribution in [-0.2, 0) is 16.1 Å². The van der Waals surface area contributed by atoms with E-state index in [-0.39, 0.29) is 18.4 Å². The van der Waals surface area contributed by atoms with Crippen molar-refractivity contribution in [1.82, 2.24) is 15.1 Å². The van der Waals surface area contributed by atoms with E-state index < -0.39 is 12.3 Å². The maximum Gasteiger partial charge on any atom is 0.327 e. The highest BCUT2D eigenvalue weighted by Gasteiger charge is 2.42. The van der Waals surface area contributed by atoms with E-state index in [0.29, 0.717) is 18.9 Å². The summed E-state index contributed by atoms with van der Waals surface area (Å²) in [6.45, 7) is 7.09. The summed E-state index contributed by atoms with van der Waals surface area (Å²) in [7, 11) is 1.71. The van der Waals surface area contributed by atoms with Gasteiger partial charge in [0.05, 0.1) is 19.1 Å². The molecule has 2 atom stereocenters. The van der Waals surface area contributed by atoms with Crippen LogP contribution in [0.2, 0.25) is 0 Å². The summed E-state index contributed by atoms with van der Waals surface area (Å²) in [6.07, 6.45) is -0.404. The first-order chi connectivity index (χ1) is 15.1. The summed E-state index contributed by atoms with van der Waals surface area (Å²) < 4.78 is 11.3. The smallest absolute Gasteiger partial charge is 0.327 e. The molecule has 3 rings (SSSR count). The molecule has 7 nitrogen and oxygen atoms in total. The van der Waals surface area contributed by atoms with Crippen molar-refractivity contribution in [2.24, 2.45) is 0 Å². The first kappa shape index (κ1) is 22.8. The van der Waals surface area contributed by atoms with Crippen LogP contribution in [0.1, 0.15) is 37.4 Å². The summed E-state index contributed by atoms with van der Waals surface area (Å²) in [6, 6.07) is 17.1. The van der Waals surface area contributed by atoms with E-state index in [2.05, 4.69) is 24.1 Å². The lowest BCUT2D eigenvalue weighted by Gasteiger charge is -2.38. The molecule has 0 spiro atoms. The van der Waals surface area contributed by atoms with E-state index in [1.165, 1.54) is 0 Å². The quantitative estimate of drug-likeness (QED) is 0.590. The third-order valence-corrected chi connectivity index (χ3v) is 5.53. The van der Waals surface area contributed by atoms with Crippen LogP contribution in [0.3, 0.4) is 0 Å². The van der Waals surface area contributed by atoms with Crippen LogP contribution in [0.15, 0.2) is 54.6 Å². The average Bonchev–Trinajstić information content (AvgIpc) is 2.78. The number of urea groups is 1. The monoisotopic (exact) mass is 425 g/mol. The van der Waals surface area contributed by atoms with Crippen LogP contribution in [-0.4, -0.2) is 54.8 Å². The molecule has 1 saturated heterocycles. The third kappa shape index (κ3) is 5.62. The van der Waals surface area contributed by atoms with Crippen molar-refractivity contribution in [3.63, 3.8) is 0 Å². The molecule has 1 aliphatic rings. The molecule has 0 aromatic heterocycles. The van der Waals surface area contributed by atoms with E-state index in [1.54, 1.807) is 7.11 Å². The van der Waals surface area contributed by atoms with Gasteiger partial charge in [-0.2, -0.15) is 0 Å². The lowest BCUT2D eigenvalue weighted by molar-refractivity contribution is -0.152. The molecule has 2 aromatic carbocycles. The fourth-order valence-electron chi connectivity index (χ4n) is 3.74. The zero-order valence-electron chi connectivity index (χ0n) is 18.4. The van der Waals surface area contributed by atoms with E-state index in [9.17, 15) is 9.59 Å². The number of likely N-dealkylation sites (N-methyl/N-ethyl adjacent to an activating group) is 1. The molecule has 1 N–H and O–H groups in total. The molecule has 0 radical (unpaired) electrons. The Labute approximate surface area is 183 Å². The van der Waals surface area contributed by atoms with Crippen molar-refractivity contribution in [1.29, 1.82) is 0 Å². The van der Waals surface area contributed by atoms with Crippen LogP contribution in [0.4, 0.5) is 4.79 Å². The van der Waals surface area contributed by atoms with Gasteiger partial charge in [0.15, 0.2) is 6.23 Å². The van der Waals surface area contributed by atoms with Crippen LogP contribution >= 0.6 is 0 Å². The van der Waals surface area contributed by atoms with Crippen LogP contribution in [0.25, 0.3) is 0 Å². The van der Waals surface area contributed by atoms with Crippen molar-refractivity contribution in [3.8, 4) is 5.75 Å². The SMILES string of the molecule is CCN(CC)[C@H](COC)c1ccc(OC2CC(=O)N2C(=O)NCc2ccccc2)cc1. The minimum atomic E-state index is -0.591. The summed E-state index contributed by atoms with van der Waals surface area (Å²) >= 11 is 0. The highest BCUT2D eigenvalue weighted by atomic mass is 16.5. The molecule has 1 aliphatic heterocycles. The number of ether oxygens (including phenoxy) is 2. The average molecular weight is 426 g/mol. The lowest BCUT2D eigenvalue weighted by Crippen LogP contribution is -2.60. The standard InChI is InChI=1S/C24H31N3O4/c1-4-26(5-2)21(17-30-3)19-11-13-20(14-12-19)31-23-15-22(28)27(23)24(29)25-16-18-9-7-6-8-10-18/h6-14,21,23H,4-5,15-17H2,1-3H3,(H,25,29)/t21-,23?/m1/s1. The van der Waals surface area contributed by atoms with Gasteiger partial charge >= 0.3 is 6.03 Å². The second-order valence-corrected chi connectivity index (χ2v) is 7.45. The predicted molar refractivity (Wildman–Crippen MR) is 119 cm³/mol. The number of carbonyl (C=O) groups excluding carboxylic acids is 2. The van der Waals surface area contributed by atoms with Crippen LogP contribution < -0.4 is 10.1 Å². The van der Waals surface area contributed by atoms with Crippen molar-refractivity contribution in [3.05, 3.63) is 65.7 Å². The minimum Gasteiger partial charge on any atom is -0.469 e. The largest absolute Gasteiger partial charge is 0.469 e. The molecule has 166 valence electrons. The van der Waals surface area contributed by atoms with Gasteiger partial charge in [-0.15, -0.1) is 0 Å². The van der Waals surface area contributed by atoms with Crippen LogP contribution in [0, 0.1) is 0 Å². The van der Waals surface area contributed by atoms with Gasteiger partial charge in [-0.25, -0.2) is 9.69 Å². The Morgan fingerprint density at radius 1 is 1.13 bits per heavy atom. The first-order valence-corrected chi connectivity index (χ1v) is 10.7. The molecule has 0 aliphatic carbocycles. The molecule has 31 heavy (non-hydrogen) atoms. The molecule has 2 aromatic rings. The van der Waals surface area contributed by atoms with Crippen molar-refractivity contribution in [2.45, 2.75) is 39.1 Å². The van der Waals surface area contributed by atoms with Crippen molar-refractivity contribution in [2.75, 3.05) is 26.8 Å².